The molecule has 1 saturated carbocycles. The fourth-order valence-electron chi connectivity index (χ4n) is 4.99. The Labute approximate surface area is 193 Å². The van der Waals surface area contributed by atoms with Gasteiger partial charge in [0.05, 0.1) is 17.5 Å². The summed E-state index contributed by atoms with van der Waals surface area (Å²) in [5.74, 6) is 0.687. The highest BCUT2D eigenvalue weighted by Gasteiger charge is 2.46. The van der Waals surface area contributed by atoms with Crippen molar-refractivity contribution in [3.05, 3.63) is 65.5 Å². The van der Waals surface area contributed by atoms with Crippen LogP contribution in [0.2, 0.25) is 0 Å². The zero-order chi connectivity index (χ0) is 23.2. The van der Waals surface area contributed by atoms with E-state index in [-0.39, 0.29) is 22.7 Å². The molecule has 0 bridgehead atoms. The highest BCUT2D eigenvalue weighted by Crippen LogP contribution is 2.50. The summed E-state index contributed by atoms with van der Waals surface area (Å²) >= 11 is 0. The second-order valence-corrected chi connectivity index (χ2v) is 9.91. The molecule has 168 valence electrons. The summed E-state index contributed by atoms with van der Waals surface area (Å²) < 4.78 is 1.92. The molecule has 0 saturated heterocycles. The predicted octanol–water partition coefficient (Wildman–Crippen LogP) is 3.58. The molecule has 2 N–H and O–H groups in total. The lowest BCUT2D eigenvalue weighted by atomic mass is 9.57. The van der Waals surface area contributed by atoms with Crippen molar-refractivity contribution in [1.82, 2.24) is 19.7 Å². The molecule has 3 heterocycles. The number of rotatable bonds is 5. The molecule has 0 spiro atoms. The fourth-order valence-corrected chi connectivity index (χ4v) is 4.99. The molecule has 1 aliphatic heterocycles. The van der Waals surface area contributed by atoms with Crippen molar-refractivity contribution < 1.29 is 4.79 Å². The average molecular weight is 442 g/mol. The second kappa shape index (κ2) is 7.69. The van der Waals surface area contributed by atoms with E-state index in [2.05, 4.69) is 51.8 Å². The number of fused-ring (bicyclic) bond motifs is 1. The topological polar surface area (TPSA) is 109 Å². The van der Waals surface area contributed by atoms with E-state index in [4.69, 9.17) is 0 Å². The van der Waals surface area contributed by atoms with E-state index in [9.17, 15) is 10.1 Å². The zero-order valence-electron chi connectivity index (χ0n) is 19.1. The number of anilines is 2. The number of amides is 1. The number of nitrogens with zero attached hydrogens (tertiary/aromatic N) is 5. The monoisotopic (exact) mass is 441 g/mol. The van der Waals surface area contributed by atoms with Crippen LogP contribution in [0.25, 0.3) is 0 Å². The van der Waals surface area contributed by atoms with E-state index >= 15 is 0 Å². The largest absolute Gasteiger partial charge is 0.383 e. The van der Waals surface area contributed by atoms with Crippen molar-refractivity contribution in [2.24, 2.45) is 13.0 Å². The minimum atomic E-state index is -0.233. The zero-order valence-corrected chi connectivity index (χ0v) is 19.1. The fraction of sp³-hybridized carbons (Fsp3) is 0.400. The molecule has 2 aliphatic rings. The molecule has 5 rings (SSSR count). The number of nitriles is 1. The Morgan fingerprint density at radius 1 is 1.30 bits per heavy atom. The van der Waals surface area contributed by atoms with Crippen molar-refractivity contribution in [3.8, 4) is 6.07 Å². The number of carbonyl (C=O) groups is 1. The number of hydrogen-bond donors (Lipinski definition) is 2. The lowest BCUT2D eigenvalue weighted by molar-refractivity contribution is 0.102. The summed E-state index contributed by atoms with van der Waals surface area (Å²) in [5, 5.41) is 24.0. The second-order valence-electron chi connectivity index (χ2n) is 9.91. The van der Waals surface area contributed by atoms with E-state index in [1.165, 1.54) is 0 Å². The van der Waals surface area contributed by atoms with Gasteiger partial charge >= 0.3 is 0 Å². The molecule has 2 aromatic heterocycles. The van der Waals surface area contributed by atoms with Crippen LogP contribution in [0, 0.1) is 17.2 Å². The molecule has 33 heavy (non-hydrogen) atoms. The predicted molar refractivity (Wildman–Crippen MR) is 125 cm³/mol. The number of aryl methyl sites for hydroxylation is 1. The van der Waals surface area contributed by atoms with Gasteiger partial charge in [0.2, 0.25) is 0 Å². The molecular weight excluding hydrogens is 414 g/mol. The van der Waals surface area contributed by atoms with E-state index in [0.717, 1.165) is 47.8 Å². The maximum atomic E-state index is 13.0. The summed E-state index contributed by atoms with van der Waals surface area (Å²) in [6, 6.07) is 14.0. The van der Waals surface area contributed by atoms with Crippen molar-refractivity contribution in [2.75, 3.05) is 17.2 Å². The first-order valence-corrected chi connectivity index (χ1v) is 11.2. The van der Waals surface area contributed by atoms with Crippen LogP contribution in [0.1, 0.15) is 54.3 Å². The summed E-state index contributed by atoms with van der Waals surface area (Å²) in [4.78, 5) is 17.7. The molecule has 8 heteroatoms. The van der Waals surface area contributed by atoms with Gasteiger partial charge < -0.3 is 15.2 Å². The first-order valence-electron chi connectivity index (χ1n) is 11.2. The van der Waals surface area contributed by atoms with Crippen molar-refractivity contribution >= 4 is 17.3 Å². The van der Waals surface area contributed by atoms with Gasteiger partial charge in [-0.3, -0.25) is 4.79 Å². The number of nitrogens with one attached hydrogen (secondary N) is 2. The van der Waals surface area contributed by atoms with Crippen LogP contribution in [0.5, 0.6) is 0 Å². The van der Waals surface area contributed by atoms with Crippen LogP contribution in [-0.4, -0.2) is 32.2 Å². The van der Waals surface area contributed by atoms with E-state index in [1.54, 1.807) is 12.4 Å². The van der Waals surface area contributed by atoms with Crippen LogP contribution in [0.15, 0.2) is 42.7 Å². The molecule has 1 amide bonds. The van der Waals surface area contributed by atoms with Crippen molar-refractivity contribution in [2.45, 2.75) is 43.9 Å². The normalized spacial score (nSPS) is 22.5. The third-order valence-corrected chi connectivity index (χ3v) is 6.98. The highest BCUT2D eigenvalue weighted by atomic mass is 16.1. The van der Waals surface area contributed by atoms with Crippen LogP contribution in [0.3, 0.4) is 0 Å². The number of pyridine rings is 1. The van der Waals surface area contributed by atoms with Crippen LogP contribution in [-0.2, 0) is 24.3 Å². The Balaban J connectivity index is 1.39. The van der Waals surface area contributed by atoms with Crippen LogP contribution >= 0.6 is 0 Å². The SMILES string of the molecule is Cn1cnnc1CC1(c2cccc(NC(=O)c3ccc4c(n3)C(C)(C)CN4)c2)CC(C#N)C1. The molecule has 0 atom stereocenters. The Hall–Kier alpha value is -3.73. The van der Waals surface area contributed by atoms with Crippen molar-refractivity contribution in [1.29, 1.82) is 5.26 Å². The molecular formula is C25H27N7O. The maximum absolute atomic E-state index is 13.0. The van der Waals surface area contributed by atoms with Gasteiger partial charge in [-0.1, -0.05) is 26.0 Å². The van der Waals surface area contributed by atoms with E-state index in [1.807, 2.05) is 35.9 Å². The number of carbonyl (C=O) groups excluding carboxylic acids is 1. The van der Waals surface area contributed by atoms with E-state index < -0.39 is 0 Å². The van der Waals surface area contributed by atoms with Crippen molar-refractivity contribution in [3.63, 3.8) is 0 Å². The third-order valence-electron chi connectivity index (χ3n) is 6.98. The molecule has 1 fully saturated rings. The highest BCUT2D eigenvalue weighted by molar-refractivity contribution is 6.03. The average Bonchev–Trinajstić information content (AvgIpc) is 3.32. The van der Waals surface area contributed by atoms with Gasteiger partial charge in [-0.25, -0.2) is 4.98 Å². The summed E-state index contributed by atoms with van der Waals surface area (Å²) in [6.07, 6.45) is 3.93. The molecule has 1 aliphatic carbocycles. The minimum Gasteiger partial charge on any atom is -0.383 e. The molecule has 1 aromatic carbocycles. The summed E-state index contributed by atoms with van der Waals surface area (Å²) in [6.45, 7) is 5.04. The first kappa shape index (κ1) is 21.1. The third kappa shape index (κ3) is 3.74. The van der Waals surface area contributed by atoms with Gasteiger partial charge in [0, 0.05) is 42.4 Å². The van der Waals surface area contributed by atoms with Gasteiger partial charge in [0.15, 0.2) is 0 Å². The minimum absolute atomic E-state index is 0.0315. The van der Waals surface area contributed by atoms with Gasteiger partial charge in [-0.2, -0.15) is 5.26 Å². The van der Waals surface area contributed by atoms with Crippen LogP contribution in [0.4, 0.5) is 11.4 Å². The number of benzene rings is 1. The Morgan fingerprint density at radius 2 is 2.12 bits per heavy atom. The standard InChI is InChI=1S/C25H27N7O/c1-24(2)14-27-19-7-8-20(30-22(19)24)23(33)29-18-6-4-5-17(9-18)25(10-16(11-25)13-26)12-21-31-28-15-32(21)3/h4-9,15-16,27H,10-12,14H2,1-3H3,(H,29,33). The number of hydrogen-bond acceptors (Lipinski definition) is 6. The van der Waals surface area contributed by atoms with Gasteiger partial charge in [-0.05, 0) is 42.7 Å². The first-order chi connectivity index (χ1) is 15.8. The van der Waals surface area contributed by atoms with Crippen LogP contribution < -0.4 is 10.6 Å². The maximum Gasteiger partial charge on any atom is 0.274 e. The molecule has 8 nitrogen and oxygen atoms in total. The van der Waals surface area contributed by atoms with Gasteiger partial charge in [0.1, 0.15) is 17.8 Å². The smallest absolute Gasteiger partial charge is 0.274 e. The Morgan fingerprint density at radius 3 is 2.85 bits per heavy atom. The number of aromatic nitrogens is 4. The molecule has 0 radical (unpaired) electrons. The Kier molecular flexibility index (Phi) is 4.93. The summed E-state index contributed by atoms with van der Waals surface area (Å²) in [5.41, 5.74) is 3.82. The molecule has 0 unspecified atom stereocenters. The van der Waals surface area contributed by atoms with Gasteiger partial charge in [0.25, 0.3) is 5.91 Å². The van der Waals surface area contributed by atoms with Gasteiger partial charge in [-0.15, -0.1) is 10.2 Å². The van der Waals surface area contributed by atoms with E-state index in [0.29, 0.717) is 12.1 Å². The quantitative estimate of drug-likeness (QED) is 0.626. The summed E-state index contributed by atoms with van der Waals surface area (Å²) in [7, 11) is 1.93. The lowest BCUT2D eigenvalue weighted by Gasteiger charge is -2.45. The lowest BCUT2D eigenvalue weighted by Crippen LogP contribution is -2.43. The Bertz CT molecular complexity index is 1260. The molecule has 3 aromatic rings.